The summed E-state index contributed by atoms with van der Waals surface area (Å²) in [5.41, 5.74) is 8.95. The fourth-order valence-corrected chi connectivity index (χ4v) is 0.725. The number of carbonyl (C=O) groups excluding carboxylic acids is 1. The standard InChI is InChI=1S/C7H14N2O3/c1-4(3-5(8)10)7(2,9)6(11)12/h4H,3,9H2,1-2H3,(H2,8,10)(H,11,12)/t4?,7-/m0/s1. The van der Waals surface area contributed by atoms with Gasteiger partial charge in [-0.25, -0.2) is 0 Å². The molecule has 70 valence electrons. The van der Waals surface area contributed by atoms with Gasteiger partial charge in [0, 0.05) is 6.42 Å². The molecule has 5 heteroatoms. The molecule has 0 fully saturated rings. The monoisotopic (exact) mass is 174 g/mol. The normalized spacial score (nSPS) is 17.9. The maximum atomic E-state index is 10.6. The van der Waals surface area contributed by atoms with Gasteiger partial charge in [0.05, 0.1) is 0 Å². The maximum absolute atomic E-state index is 10.6. The second kappa shape index (κ2) is 3.53. The Bertz CT molecular complexity index is 201. The average molecular weight is 174 g/mol. The Morgan fingerprint density at radius 2 is 2.00 bits per heavy atom. The summed E-state index contributed by atoms with van der Waals surface area (Å²) in [7, 11) is 0. The van der Waals surface area contributed by atoms with Crippen molar-refractivity contribution >= 4 is 11.9 Å². The van der Waals surface area contributed by atoms with Crippen LogP contribution in [0, 0.1) is 5.92 Å². The lowest BCUT2D eigenvalue weighted by Gasteiger charge is -2.25. The first-order chi connectivity index (χ1) is 5.28. The van der Waals surface area contributed by atoms with E-state index in [9.17, 15) is 9.59 Å². The molecule has 0 aliphatic rings. The summed E-state index contributed by atoms with van der Waals surface area (Å²) in [5.74, 6) is -2.14. The van der Waals surface area contributed by atoms with Crippen molar-refractivity contribution in [2.45, 2.75) is 25.8 Å². The van der Waals surface area contributed by atoms with E-state index in [1.807, 2.05) is 0 Å². The highest BCUT2D eigenvalue weighted by molar-refractivity contribution is 5.80. The fraction of sp³-hybridized carbons (Fsp3) is 0.714. The lowest BCUT2D eigenvalue weighted by Crippen LogP contribution is -2.51. The molecule has 0 heterocycles. The van der Waals surface area contributed by atoms with Crippen molar-refractivity contribution in [3.05, 3.63) is 0 Å². The molecule has 0 aromatic carbocycles. The molecule has 5 nitrogen and oxygen atoms in total. The summed E-state index contributed by atoms with van der Waals surface area (Å²) in [5, 5.41) is 8.65. The van der Waals surface area contributed by atoms with Crippen molar-refractivity contribution < 1.29 is 14.7 Å². The molecule has 0 spiro atoms. The molecule has 0 saturated carbocycles. The predicted molar refractivity (Wildman–Crippen MR) is 43.2 cm³/mol. The van der Waals surface area contributed by atoms with Crippen LogP contribution in [0.2, 0.25) is 0 Å². The topological polar surface area (TPSA) is 106 Å². The van der Waals surface area contributed by atoms with E-state index in [0.29, 0.717) is 0 Å². The van der Waals surface area contributed by atoms with E-state index < -0.39 is 23.3 Å². The summed E-state index contributed by atoms with van der Waals surface area (Å²) in [4.78, 5) is 21.0. The van der Waals surface area contributed by atoms with Gasteiger partial charge in [0.25, 0.3) is 0 Å². The van der Waals surface area contributed by atoms with Crippen molar-refractivity contribution in [2.24, 2.45) is 17.4 Å². The van der Waals surface area contributed by atoms with Gasteiger partial charge >= 0.3 is 5.97 Å². The summed E-state index contributed by atoms with van der Waals surface area (Å²) in [6.45, 7) is 2.95. The highest BCUT2D eigenvalue weighted by Gasteiger charge is 2.35. The Labute approximate surface area is 70.7 Å². The summed E-state index contributed by atoms with van der Waals surface area (Å²) in [6.07, 6.45) is -0.0146. The molecule has 0 saturated heterocycles. The molecule has 0 aromatic heterocycles. The molecule has 0 radical (unpaired) electrons. The van der Waals surface area contributed by atoms with Gasteiger partial charge in [-0.2, -0.15) is 0 Å². The third-order valence-corrected chi connectivity index (χ3v) is 1.99. The van der Waals surface area contributed by atoms with E-state index in [1.165, 1.54) is 6.92 Å². The van der Waals surface area contributed by atoms with E-state index in [2.05, 4.69) is 0 Å². The van der Waals surface area contributed by atoms with Crippen LogP contribution in [0.5, 0.6) is 0 Å². The van der Waals surface area contributed by atoms with Crippen LogP contribution in [-0.2, 0) is 9.59 Å². The van der Waals surface area contributed by atoms with Crippen LogP contribution in [0.1, 0.15) is 20.3 Å². The number of hydrogen-bond donors (Lipinski definition) is 3. The Hall–Kier alpha value is -1.10. The van der Waals surface area contributed by atoms with Gasteiger partial charge in [-0.05, 0) is 12.8 Å². The Morgan fingerprint density at radius 3 is 2.25 bits per heavy atom. The molecule has 1 unspecified atom stereocenters. The number of hydrogen-bond acceptors (Lipinski definition) is 3. The quantitative estimate of drug-likeness (QED) is 0.523. The smallest absolute Gasteiger partial charge is 0.323 e. The van der Waals surface area contributed by atoms with E-state index in [-0.39, 0.29) is 6.42 Å². The fourth-order valence-electron chi connectivity index (χ4n) is 0.725. The molecule has 0 aromatic rings. The number of primary amides is 1. The van der Waals surface area contributed by atoms with Crippen LogP contribution in [0.4, 0.5) is 0 Å². The van der Waals surface area contributed by atoms with Crippen molar-refractivity contribution in [1.82, 2.24) is 0 Å². The zero-order valence-corrected chi connectivity index (χ0v) is 7.20. The maximum Gasteiger partial charge on any atom is 0.323 e. The Balaban J connectivity index is 4.35. The lowest BCUT2D eigenvalue weighted by atomic mass is 9.85. The van der Waals surface area contributed by atoms with Crippen LogP contribution in [0.3, 0.4) is 0 Å². The molecule has 0 bridgehead atoms. The van der Waals surface area contributed by atoms with E-state index in [1.54, 1.807) is 6.92 Å². The minimum Gasteiger partial charge on any atom is -0.480 e. The number of aliphatic carboxylic acids is 1. The minimum absolute atomic E-state index is 0.0146. The number of carboxylic acids is 1. The first-order valence-electron chi connectivity index (χ1n) is 3.59. The predicted octanol–water partition coefficient (Wildman–Crippen LogP) is -0.700. The van der Waals surface area contributed by atoms with Crippen LogP contribution in [0.15, 0.2) is 0 Å². The first-order valence-corrected chi connectivity index (χ1v) is 3.59. The van der Waals surface area contributed by atoms with Crippen LogP contribution in [-0.4, -0.2) is 22.5 Å². The highest BCUT2D eigenvalue weighted by atomic mass is 16.4. The number of carbonyl (C=O) groups is 2. The average Bonchev–Trinajstić information content (AvgIpc) is 1.85. The molecule has 1 amide bonds. The second-order valence-electron chi connectivity index (χ2n) is 3.16. The van der Waals surface area contributed by atoms with Crippen LogP contribution < -0.4 is 11.5 Å². The first kappa shape index (κ1) is 10.9. The Kier molecular flexibility index (Phi) is 3.21. The molecular weight excluding hydrogens is 160 g/mol. The highest BCUT2D eigenvalue weighted by Crippen LogP contribution is 2.17. The Morgan fingerprint density at radius 1 is 1.58 bits per heavy atom. The molecule has 5 N–H and O–H groups in total. The lowest BCUT2D eigenvalue weighted by molar-refractivity contribution is -0.144. The largest absolute Gasteiger partial charge is 0.480 e. The van der Waals surface area contributed by atoms with Gasteiger partial charge < -0.3 is 16.6 Å². The number of carboxylic acid groups (broad SMARTS) is 1. The van der Waals surface area contributed by atoms with Gasteiger partial charge in [0.2, 0.25) is 5.91 Å². The van der Waals surface area contributed by atoms with E-state index in [0.717, 1.165) is 0 Å². The van der Waals surface area contributed by atoms with Crippen molar-refractivity contribution in [1.29, 1.82) is 0 Å². The number of rotatable bonds is 4. The summed E-state index contributed by atoms with van der Waals surface area (Å²) < 4.78 is 0. The zero-order valence-electron chi connectivity index (χ0n) is 7.20. The molecule has 0 aliphatic heterocycles. The molecule has 12 heavy (non-hydrogen) atoms. The van der Waals surface area contributed by atoms with Crippen molar-refractivity contribution in [3.63, 3.8) is 0 Å². The van der Waals surface area contributed by atoms with Crippen molar-refractivity contribution in [2.75, 3.05) is 0 Å². The van der Waals surface area contributed by atoms with Gasteiger partial charge in [-0.3, -0.25) is 9.59 Å². The number of nitrogens with two attached hydrogens (primary N) is 2. The molecule has 0 aliphatic carbocycles. The third kappa shape index (κ3) is 2.50. The number of amides is 1. The molecular formula is C7H14N2O3. The van der Waals surface area contributed by atoms with Gasteiger partial charge in [-0.15, -0.1) is 0 Å². The zero-order chi connectivity index (χ0) is 9.94. The SMILES string of the molecule is CC(CC(N)=O)[C@](C)(N)C(=O)O. The van der Waals surface area contributed by atoms with Gasteiger partial charge in [-0.1, -0.05) is 6.92 Å². The van der Waals surface area contributed by atoms with Crippen LogP contribution in [0.25, 0.3) is 0 Å². The third-order valence-electron chi connectivity index (χ3n) is 1.99. The second-order valence-corrected chi connectivity index (χ2v) is 3.16. The van der Waals surface area contributed by atoms with E-state index >= 15 is 0 Å². The minimum atomic E-state index is -1.39. The molecule has 2 atom stereocenters. The van der Waals surface area contributed by atoms with Gasteiger partial charge in [0.15, 0.2) is 0 Å². The summed E-state index contributed by atoms with van der Waals surface area (Å²) >= 11 is 0. The van der Waals surface area contributed by atoms with Crippen LogP contribution >= 0.6 is 0 Å². The summed E-state index contributed by atoms with van der Waals surface area (Å²) in [6, 6.07) is 0. The van der Waals surface area contributed by atoms with Crippen molar-refractivity contribution in [3.8, 4) is 0 Å². The van der Waals surface area contributed by atoms with Gasteiger partial charge in [0.1, 0.15) is 5.54 Å². The van der Waals surface area contributed by atoms with E-state index in [4.69, 9.17) is 16.6 Å². The molecule has 0 rings (SSSR count).